The lowest BCUT2D eigenvalue weighted by molar-refractivity contribution is -0.140. The lowest BCUT2D eigenvalue weighted by Gasteiger charge is -2.16. The topological polar surface area (TPSA) is 101 Å². The van der Waals surface area contributed by atoms with E-state index in [-0.39, 0.29) is 29.5 Å². The predicted octanol–water partition coefficient (Wildman–Crippen LogP) is 7.28. The van der Waals surface area contributed by atoms with E-state index in [2.05, 4.69) is 68.9 Å². The number of methoxy groups -OCH3 is 1. The van der Waals surface area contributed by atoms with Crippen LogP contribution < -0.4 is 0 Å². The number of fused-ring (bicyclic) bond motifs is 8. The molecule has 0 amide bonds. The fourth-order valence-electron chi connectivity index (χ4n) is 7.06. The minimum atomic E-state index is -0.235. The Morgan fingerprint density at radius 2 is 1.80 bits per heavy atom. The van der Waals surface area contributed by atoms with Gasteiger partial charge in [0, 0.05) is 64.0 Å². The van der Waals surface area contributed by atoms with Crippen LogP contribution in [0.4, 0.5) is 0 Å². The Hall–Kier alpha value is -4.00. The lowest BCUT2D eigenvalue weighted by Crippen LogP contribution is -2.09. The van der Waals surface area contributed by atoms with Crippen molar-refractivity contribution in [3.05, 3.63) is 74.9 Å². The van der Waals surface area contributed by atoms with Crippen molar-refractivity contribution in [2.75, 3.05) is 7.11 Å². The maximum absolute atomic E-state index is 13.4. The first-order chi connectivity index (χ1) is 19.7. The third kappa shape index (κ3) is 4.25. The second kappa shape index (κ2) is 10.1. The van der Waals surface area contributed by atoms with Crippen molar-refractivity contribution in [1.29, 1.82) is 0 Å². The summed E-state index contributed by atoms with van der Waals surface area (Å²) >= 11 is 0. The highest BCUT2D eigenvalue weighted by molar-refractivity contribution is 6.13. The average molecular weight is 551 g/mol. The van der Waals surface area contributed by atoms with Crippen molar-refractivity contribution in [3.8, 4) is 0 Å². The first kappa shape index (κ1) is 27.2. The van der Waals surface area contributed by atoms with Gasteiger partial charge in [0.25, 0.3) is 0 Å². The zero-order valence-electron chi connectivity index (χ0n) is 25.0. The molecule has 2 aliphatic heterocycles. The summed E-state index contributed by atoms with van der Waals surface area (Å²) in [6.07, 6.45) is 4.26. The van der Waals surface area contributed by atoms with Gasteiger partial charge in [0.05, 0.1) is 29.7 Å². The second-order valence-corrected chi connectivity index (χ2v) is 11.7. The van der Waals surface area contributed by atoms with Gasteiger partial charge in [-0.05, 0) is 74.1 Å². The standard InChI is InChI=1S/C34H38N4O3/c1-8-20-16(3)24-13-26-18(5)22(10-11-31(40)41-7)33(37-26)23-12-30(39)32-19(6)27(38-34(23)32)15-29-21(9-2)17(4)25(36-29)14-28(20)35-24/h8,13-16,18,22,36,38H,9-12H2,1-7H3/b20-8+,24-13?,25-14?,26-13?,27-15?,28-14?,29-15?,33-23?. The molecule has 0 saturated carbocycles. The maximum Gasteiger partial charge on any atom is 0.305 e. The van der Waals surface area contributed by atoms with Crippen molar-refractivity contribution < 1.29 is 14.3 Å². The van der Waals surface area contributed by atoms with Crippen LogP contribution in [0.3, 0.4) is 0 Å². The molecule has 7 nitrogen and oxygen atoms in total. The van der Waals surface area contributed by atoms with Crippen LogP contribution in [0.25, 0.3) is 27.6 Å². The van der Waals surface area contributed by atoms with Crippen LogP contribution in [0.1, 0.15) is 114 Å². The lowest BCUT2D eigenvalue weighted by atomic mass is 9.85. The quantitative estimate of drug-likeness (QED) is 0.333. The van der Waals surface area contributed by atoms with Gasteiger partial charge in [0.2, 0.25) is 0 Å². The first-order valence-corrected chi connectivity index (χ1v) is 14.7. The number of Topliss-reactive ketones (excluding diaryl/α,β-unsaturated/α-hetero) is 1. The van der Waals surface area contributed by atoms with E-state index in [1.54, 1.807) is 0 Å². The fourth-order valence-corrected chi connectivity index (χ4v) is 7.06. The van der Waals surface area contributed by atoms with Crippen LogP contribution in [0.2, 0.25) is 0 Å². The Morgan fingerprint density at radius 3 is 2.51 bits per heavy atom. The second-order valence-electron chi connectivity index (χ2n) is 11.7. The number of aromatic nitrogens is 4. The third-order valence-electron chi connectivity index (χ3n) is 9.51. The molecule has 6 rings (SSSR count). The molecule has 5 heterocycles. The molecule has 0 spiro atoms. The highest BCUT2D eigenvalue weighted by Crippen LogP contribution is 2.45. The number of aromatic amines is 2. The largest absolute Gasteiger partial charge is 0.469 e. The Bertz CT molecular complexity index is 1810. The van der Waals surface area contributed by atoms with Crippen LogP contribution in [-0.2, 0) is 22.4 Å². The molecule has 3 unspecified atom stereocenters. The summed E-state index contributed by atoms with van der Waals surface area (Å²) in [6.45, 7) is 12.8. The monoisotopic (exact) mass is 550 g/mol. The minimum absolute atomic E-state index is 0.00536. The maximum atomic E-state index is 13.4. The summed E-state index contributed by atoms with van der Waals surface area (Å²) in [5.41, 5.74) is 14.0. The average Bonchev–Trinajstić information content (AvgIpc) is 3.70. The smallest absolute Gasteiger partial charge is 0.305 e. The highest BCUT2D eigenvalue weighted by atomic mass is 16.5. The molecule has 1 aliphatic carbocycles. The number of nitrogens with one attached hydrogen (secondary N) is 2. The van der Waals surface area contributed by atoms with Crippen LogP contribution in [0.15, 0.2) is 24.3 Å². The van der Waals surface area contributed by atoms with Gasteiger partial charge in [-0.3, -0.25) is 19.6 Å². The van der Waals surface area contributed by atoms with Crippen molar-refractivity contribution in [2.45, 2.75) is 85.0 Å². The normalized spacial score (nSPS) is 20.7. The Morgan fingerprint density at radius 1 is 1.05 bits per heavy atom. The van der Waals surface area contributed by atoms with E-state index in [0.29, 0.717) is 19.3 Å². The molecule has 2 N–H and O–H groups in total. The fraction of sp³-hybridized carbons (Fsp3) is 0.412. The van der Waals surface area contributed by atoms with E-state index in [4.69, 9.17) is 14.7 Å². The van der Waals surface area contributed by atoms with E-state index < -0.39 is 0 Å². The van der Waals surface area contributed by atoms with Crippen LogP contribution in [0.5, 0.6) is 0 Å². The van der Waals surface area contributed by atoms with Gasteiger partial charge in [0.1, 0.15) is 0 Å². The van der Waals surface area contributed by atoms with E-state index in [9.17, 15) is 9.59 Å². The van der Waals surface area contributed by atoms with Crippen LogP contribution in [0, 0.1) is 13.8 Å². The van der Waals surface area contributed by atoms with Gasteiger partial charge in [-0.15, -0.1) is 0 Å². The summed E-state index contributed by atoms with van der Waals surface area (Å²) in [6, 6.07) is 6.43. The summed E-state index contributed by atoms with van der Waals surface area (Å²) < 4.78 is 4.97. The summed E-state index contributed by atoms with van der Waals surface area (Å²) in [4.78, 5) is 43.2. The Balaban J connectivity index is 1.73. The van der Waals surface area contributed by atoms with Crippen molar-refractivity contribution in [1.82, 2.24) is 19.9 Å². The van der Waals surface area contributed by atoms with Crippen LogP contribution in [-0.4, -0.2) is 38.8 Å². The van der Waals surface area contributed by atoms with Gasteiger partial charge in [-0.1, -0.05) is 26.8 Å². The van der Waals surface area contributed by atoms with Crippen molar-refractivity contribution in [2.24, 2.45) is 0 Å². The molecule has 7 heteroatoms. The van der Waals surface area contributed by atoms with Crippen LogP contribution >= 0.6 is 0 Å². The number of H-pyrrole nitrogens is 2. The number of nitrogens with zero attached hydrogens (tertiary/aromatic N) is 2. The van der Waals surface area contributed by atoms with Gasteiger partial charge in [-0.2, -0.15) is 0 Å². The molecular formula is C34H38N4O3. The molecule has 3 aromatic heterocycles. The number of rotatable bonds is 4. The number of hydrogen-bond acceptors (Lipinski definition) is 5. The molecular weight excluding hydrogens is 512 g/mol. The Kier molecular flexibility index (Phi) is 6.71. The number of esters is 1. The molecule has 212 valence electrons. The van der Waals surface area contributed by atoms with Gasteiger partial charge in [0.15, 0.2) is 5.78 Å². The predicted molar refractivity (Wildman–Crippen MR) is 162 cm³/mol. The Labute approximate surface area is 240 Å². The molecule has 3 aliphatic rings. The summed E-state index contributed by atoms with van der Waals surface area (Å²) in [7, 11) is 1.42. The van der Waals surface area contributed by atoms with Gasteiger partial charge in [-0.25, -0.2) is 0 Å². The van der Waals surface area contributed by atoms with Gasteiger partial charge < -0.3 is 14.7 Å². The van der Waals surface area contributed by atoms with Gasteiger partial charge >= 0.3 is 5.97 Å². The molecule has 3 atom stereocenters. The van der Waals surface area contributed by atoms with E-state index >= 15 is 0 Å². The SMILES string of the molecule is C/C=C1/c2cc3[nH]c(cc4[nH]c5c(c6nc(cc(n2)C1C)C(C)C6CCC(=O)OC)CC(=O)c5c4C)c(CC)c3C. The zero-order chi connectivity index (χ0) is 29.2. The molecule has 3 aromatic rings. The number of ether oxygens (including phenoxy) is 1. The van der Waals surface area contributed by atoms with Crippen molar-refractivity contribution in [3.63, 3.8) is 0 Å². The number of ketones is 1. The van der Waals surface area contributed by atoms with Crippen molar-refractivity contribution >= 4 is 39.4 Å². The summed E-state index contributed by atoms with van der Waals surface area (Å²) in [5.74, 6) is 0.0656. The third-order valence-corrected chi connectivity index (χ3v) is 9.51. The number of carbonyl (C=O) groups is 2. The number of hydrogen-bond donors (Lipinski definition) is 2. The van der Waals surface area contributed by atoms with E-state index in [1.807, 2.05) is 6.92 Å². The molecule has 41 heavy (non-hydrogen) atoms. The number of aryl methyl sites for hydroxylation is 3. The first-order valence-electron chi connectivity index (χ1n) is 14.7. The molecule has 0 radical (unpaired) electrons. The number of carbonyl (C=O) groups excluding carboxylic acids is 2. The van der Waals surface area contributed by atoms with E-state index in [0.717, 1.165) is 68.0 Å². The summed E-state index contributed by atoms with van der Waals surface area (Å²) in [5, 5.41) is 0. The minimum Gasteiger partial charge on any atom is -0.469 e. The zero-order valence-corrected chi connectivity index (χ0v) is 25.0. The molecule has 8 bridgehead atoms. The molecule has 0 saturated heterocycles. The molecule has 0 aromatic carbocycles. The van der Waals surface area contributed by atoms with E-state index in [1.165, 1.54) is 23.8 Å². The highest BCUT2D eigenvalue weighted by Gasteiger charge is 2.36. The molecule has 0 fully saturated rings. The number of allylic oxidation sites excluding steroid dienone is 2.